The molecule has 1 nitrogen and oxygen atoms in total. The molecule has 0 heterocycles. The molecule has 2 rings (SSSR count). The molecular formula is C14H16O. The van der Waals surface area contributed by atoms with Gasteiger partial charge in [-0.05, 0) is 29.9 Å². The summed E-state index contributed by atoms with van der Waals surface area (Å²) in [6, 6.07) is 8.10. The molecule has 2 unspecified atom stereocenters. The van der Waals surface area contributed by atoms with Crippen LogP contribution in [0.4, 0.5) is 0 Å². The van der Waals surface area contributed by atoms with Crippen molar-refractivity contribution in [3.8, 4) is 12.3 Å². The summed E-state index contributed by atoms with van der Waals surface area (Å²) >= 11 is 0. The van der Waals surface area contributed by atoms with Crippen LogP contribution in [0.3, 0.4) is 0 Å². The summed E-state index contributed by atoms with van der Waals surface area (Å²) in [5, 5.41) is 10.5. The van der Waals surface area contributed by atoms with E-state index in [1.54, 1.807) is 0 Å². The summed E-state index contributed by atoms with van der Waals surface area (Å²) in [4.78, 5) is 0. The van der Waals surface area contributed by atoms with Crippen LogP contribution in [0.5, 0.6) is 0 Å². The van der Waals surface area contributed by atoms with E-state index >= 15 is 0 Å². The van der Waals surface area contributed by atoms with Crippen LogP contribution in [0.2, 0.25) is 0 Å². The van der Waals surface area contributed by atoms with Crippen LogP contribution >= 0.6 is 0 Å². The SMILES string of the molecule is C#CCC1(O)CCC(C)c2ccccc21. The van der Waals surface area contributed by atoms with Crippen molar-refractivity contribution in [2.75, 3.05) is 0 Å². The highest BCUT2D eigenvalue weighted by Gasteiger charge is 2.35. The fraction of sp³-hybridized carbons (Fsp3) is 0.429. The fourth-order valence-corrected chi connectivity index (χ4v) is 2.45. The Kier molecular flexibility index (Phi) is 2.54. The summed E-state index contributed by atoms with van der Waals surface area (Å²) in [5.74, 6) is 3.11. The molecule has 0 spiro atoms. The minimum absolute atomic E-state index is 0.413. The maximum absolute atomic E-state index is 10.5. The lowest BCUT2D eigenvalue weighted by Crippen LogP contribution is -2.31. The molecule has 0 aromatic heterocycles. The van der Waals surface area contributed by atoms with Gasteiger partial charge in [0.25, 0.3) is 0 Å². The number of hydrogen-bond acceptors (Lipinski definition) is 1. The number of aliphatic hydroxyl groups is 1. The standard InChI is InChI=1S/C14H16O/c1-3-9-14(15)10-8-11(2)12-6-4-5-7-13(12)14/h1,4-7,11,15H,8-10H2,2H3. The Morgan fingerprint density at radius 2 is 2.27 bits per heavy atom. The first kappa shape index (κ1) is 10.3. The second-order valence-electron chi connectivity index (χ2n) is 4.44. The first-order valence-electron chi connectivity index (χ1n) is 5.42. The van der Waals surface area contributed by atoms with Gasteiger partial charge in [-0.15, -0.1) is 12.3 Å². The highest BCUT2D eigenvalue weighted by molar-refractivity contribution is 5.38. The Morgan fingerprint density at radius 1 is 1.53 bits per heavy atom. The van der Waals surface area contributed by atoms with E-state index in [1.165, 1.54) is 5.56 Å². The van der Waals surface area contributed by atoms with E-state index in [-0.39, 0.29) is 0 Å². The van der Waals surface area contributed by atoms with Crippen LogP contribution in [-0.2, 0) is 5.60 Å². The second-order valence-corrected chi connectivity index (χ2v) is 4.44. The second kappa shape index (κ2) is 3.72. The first-order chi connectivity index (χ1) is 7.17. The molecule has 1 heteroatoms. The molecule has 1 aliphatic carbocycles. The third kappa shape index (κ3) is 1.66. The van der Waals surface area contributed by atoms with E-state index < -0.39 is 5.60 Å². The molecule has 2 atom stereocenters. The van der Waals surface area contributed by atoms with Crippen molar-refractivity contribution >= 4 is 0 Å². The Balaban J connectivity index is 2.49. The van der Waals surface area contributed by atoms with Gasteiger partial charge in [-0.25, -0.2) is 0 Å². The number of benzene rings is 1. The van der Waals surface area contributed by atoms with Gasteiger partial charge in [-0.1, -0.05) is 31.2 Å². The smallest absolute Gasteiger partial charge is 0.101 e. The normalized spacial score (nSPS) is 29.3. The van der Waals surface area contributed by atoms with Gasteiger partial charge < -0.3 is 5.11 Å². The quantitative estimate of drug-likeness (QED) is 0.691. The zero-order valence-corrected chi connectivity index (χ0v) is 9.03. The predicted molar refractivity (Wildman–Crippen MR) is 61.4 cm³/mol. The molecule has 1 aromatic carbocycles. The molecule has 0 saturated carbocycles. The highest BCUT2D eigenvalue weighted by atomic mass is 16.3. The Morgan fingerprint density at radius 3 is 3.00 bits per heavy atom. The maximum atomic E-state index is 10.5. The minimum atomic E-state index is -0.794. The zero-order valence-electron chi connectivity index (χ0n) is 9.03. The Labute approximate surface area is 91.1 Å². The summed E-state index contributed by atoms with van der Waals surface area (Å²) in [6.45, 7) is 2.20. The molecule has 1 aromatic rings. The van der Waals surface area contributed by atoms with Crippen molar-refractivity contribution in [2.24, 2.45) is 0 Å². The third-order valence-corrected chi connectivity index (χ3v) is 3.38. The summed E-state index contributed by atoms with van der Waals surface area (Å²) in [5.41, 5.74) is 1.49. The lowest BCUT2D eigenvalue weighted by molar-refractivity contribution is 0.0208. The van der Waals surface area contributed by atoms with Gasteiger partial charge in [-0.2, -0.15) is 0 Å². The monoisotopic (exact) mass is 200 g/mol. The van der Waals surface area contributed by atoms with Crippen molar-refractivity contribution in [1.29, 1.82) is 0 Å². The molecule has 0 aliphatic heterocycles. The number of fused-ring (bicyclic) bond motifs is 1. The maximum Gasteiger partial charge on any atom is 0.101 e. The Hall–Kier alpha value is -1.26. The lowest BCUT2D eigenvalue weighted by Gasteiger charge is -2.36. The molecule has 15 heavy (non-hydrogen) atoms. The van der Waals surface area contributed by atoms with Crippen LogP contribution in [0.1, 0.15) is 43.2 Å². The van der Waals surface area contributed by atoms with E-state index in [4.69, 9.17) is 6.42 Å². The van der Waals surface area contributed by atoms with Gasteiger partial charge in [0.1, 0.15) is 5.60 Å². The van der Waals surface area contributed by atoms with E-state index in [2.05, 4.69) is 18.9 Å². The van der Waals surface area contributed by atoms with E-state index in [9.17, 15) is 5.11 Å². The van der Waals surface area contributed by atoms with Crippen molar-refractivity contribution in [2.45, 2.75) is 37.7 Å². The van der Waals surface area contributed by atoms with Crippen molar-refractivity contribution < 1.29 is 5.11 Å². The average molecular weight is 200 g/mol. The molecule has 0 saturated heterocycles. The van der Waals surface area contributed by atoms with Gasteiger partial charge in [0.15, 0.2) is 0 Å². The number of hydrogen-bond donors (Lipinski definition) is 1. The van der Waals surface area contributed by atoms with Gasteiger partial charge in [0.2, 0.25) is 0 Å². The topological polar surface area (TPSA) is 20.2 Å². The van der Waals surface area contributed by atoms with E-state index in [0.29, 0.717) is 12.3 Å². The van der Waals surface area contributed by atoms with Gasteiger partial charge in [-0.3, -0.25) is 0 Å². The van der Waals surface area contributed by atoms with Crippen LogP contribution < -0.4 is 0 Å². The van der Waals surface area contributed by atoms with Crippen molar-refractivity contribution in [3.05, 3.63) is 35.4 Å². The largest absolute Gasteiger partial charge is 0.384 e. The molecule has 1 aliphatic rings. The summed E-state index contributed by atoms with van der Waals surface area (Å²) in [6.07, 6.45) is 7.52. The molecule has 0 amide bonds. The van der Waals surface area contributed by atoms with Crippen LogP contribution in [-0.4, -0.2) is 5.11 Å². The highest BCUT2D eigenvalue weighted by Crippen LogP contribution is 2.42. The molecular weight excluding hydrogens is 184 g/mol. The minimum Gasteiger partial charge on any atom is -0.384 e. The summed E-state index contributed by atoms with van der Waals surface area (Å²) < 4.78 is 0. The van der Waals surface area contributed by atoms with Crippen LogP contribution in [0.25, 0.3) is 0 Å². The molecule has 78 valence electrons. The third-order valence-electron chi connectivity index (χ3n) is 3.38. The lowest BCUT2D eigenvalue weighted by atomic mass is 9.73. The molecule has 0 fully saturated rings. The molecule has 1 N–H and O–H groups in total. The fourth-order valence-electron chi connectivity index (χ4n) is 2.45. The molecule has 0 bridgehead atoms. The molecule has 0 radical (unpaired) electrons. The van der Waals surface area contributed by atoms with Gasteiger partial charge in [0, 0.05) is 6.42 Å². The van der Waals surface area contributed by atoms with E-state index in [0.717, 1.165) is 18.4 Å². The van der Waals surface area contributed by atoms with Crippen LogP contribution in [0, 0.1) is 12.3 Å². The van der Waals surface area contributed by atoms with Gasteiger partial charge >= 0.3 is 0 Å². The van der Waals surface area contributed by atoms with E-state index in [1.807, 2.05) is 18.2 Å². The van der Waals surface area contributed by atoms with Crippen molar-refractivity contribution in [1.82, 2.24) is 0 Å². The average Bonchev–Trinajstić information content (AvgIpc) is 2.25. The number of terminal acetylenes is 1. The Bertz CT molecular complexity index is 402. The van der Waals surface area contributed by atoms with Crippen molar-refractivity contribution in [3.63, 3.8) is 0 Å². The number of rotatable bonds is 1. The first-order valence-corrected chi connectivity index (χ1v) is 5.42. The zero-order chi connectivity index (χ0) is 10.9. The van der Waals surface area contributed by atoms with Crippen LogP contribution in [0.15, 0.2) is 24.3 Å². The summed E-state index contributed by atoms with van der Waals surface area (Å²) in [7, 11) is 0. The van der Waals surface area contributed by atoms with Gasteiger partial charge in [0.05, 0.1) is 0 Å². The predicted octanol–water partition coefficient (Wildman–Crippen LogP) is 2.79.